The Morgan fingerprint density at radius 2 is 0.879 bits per heavy atom. The predicted octanol–water partition coefficient (Wildman–Crippen LogP) is 1.61. The lowest BCUT2D eigenvalue weighted by atomic mass is 10.2. The SMILES string of the molecule is CCCCCCC(=O)OCCOCCOCCOCCOCCOCCOCCOCCO. The van der Waals surface area contributed by atoms with E-state index in [-0.39, 0.29) is 19.2 Å². The van der Waals surface area contributed by atoms with Crippen molar-refractivity contribution in [3.63, 3.8) is 0 Å². The summed E-state index contributed by atoms with van der Waals surface area (Å²) in [5, 5.41) is 8.54. The van der Waals surface area contributed by atoms with Gasteiger partial charge >= 0.3 is 5.97 Å². The Hall–Kier alpha value is -0.850. The highest BCUT2D eigenvalue weighted by Crippen LogP contribution is 2.03. The first-order chi connectivity index (χ1) is 16.3. The Kier molecular flexibility index (Phi) is 28.4. The topological polar surface area (TPSA) is 111 Å². The van der Waals surface area contributed by atoms with Crippen LogP contribution >= 0.6 is 0 Å². The standard InChI is InChI=1S/C23H46O10/c1-2-3-4-5-6-23(25)33-22-21-32-20-19-31-18-17-30-16-15-29-14-13-28-12-11-27-10-9-26-8-7-24/h24H,2-22H2,1H3. The quantitative estimate of drug-likeness (QED) is 0.130. The summed E-state index contributed by atoms with van der Waals surface area (Å²) in [7, 11) is 0. The molecule has 0 amide bonds. The van der Waals surface area contributed by atoms with Crippen LogP contribution in [0.1, 0.15) is 39.0 Å². The van der Waals surface area contributed by atoms with Crippen molar-refractivity contribution in [3.8, 4) is 0 Å². The molecule has 0 saturated heterocycles. The van der Waals surface area contributed by atoms with Gasteiger partial charge in [0.1, 0.15) is 6.61 Å². The zero-order valence-electron chi connectivity index (χ0n) is 20.5. The third kappa shape index (κ3) is 29.1. The molecule has 0 aromatic carbocycles. The molecule has 0 radical (unpaired) electrons. The Balaban J connectivity index is 3.07. The third-order valence-corrected chi connectivity index (χ3v) is 4.19. The smallest absolute Gasteiger partial charge is 0.305 e. The molecule has 0 aliphatic rings. The maximum absolute atomic E-state index is 11.5. The van der Waals surface area contributed by atoms with Crippen molar-refractivity contribution in [2.75, 3.05) is 106 Å². The normalized spacial score (nSPS) is 11.2. The van der Waals surface area contributed by atoms with Crippen LogP contribution in [0.3, 0.4) is 0 Å². The first kappa shape index (κ1) is 32.1. The van der Waals surface area contributed by atoms with E-state index in [1.807, 2.05) is 0 Å². The molecule has 0 bridgehead atoms. The van der Waals surface area contributed by atoms with E-state index in [1.165, 1.54) is 0 Å². The molecule has 0 heterocycles. The molecule has 33 heavy (non-hydrogen) atoms. The number of aliphatic hydroxyl groups excluding tert-OH is 1. The van der Waals surface area contributed by atoms with Crippen LogP contribution in [-0.4, -0.2) is 117 Å². The number of ether oxygens (including phenoxy) is 8. The summed E-state index contributed by atoms with van der Waals surface area (Å²) in [6, 6.07) is 0. The molecule has 1 N–H and O–H groups in total. The minimum absolute atomic E-state index is 0.0266. The molecule has 0 aromatic heterocycles. The molecule has 10 heteroatoms. The fraction of sp³-hybridized carbons (Fsp3) is 0.957. The molecule has 0 aliphatic carbocycles. The average molecular weight is 483 g/mol. The summed E-state index contributed by atoms with van der Waals surface area (Å²) < 4.78 is 42.4. The maximum Gasteiger partial charge on any atom is 0.305 e. The monoisotopic (exact) mass is 482 g/mol. The third-order valence-electron chi connectivity index (χ3n) is 4.19. The first-order valence-corrected chi connectivity index (χ1v) is 12.1. The van der Waals surface area contributed by atoms with Crippen molar-refractivity contribution < 1.29 is 47.8 Å². The van der Waals surface area contributed by atoms with Crippen molar-refractivity contribution in [1.29, 1.82) is 0 Å². The number of carbonyl (C=O) groups is 1. The minimum Gasteiger partial charge on any atom is -0.463 e. The zero-order valence-corrected chi connectivity index (χ0v) is 20.5. The van der Waals surface area contributed by atoms with E-state index in [9.17, 15) is 4.79 Å². The second-order valence-electron chi connectivity index (χ2n) is 7.04. The fourth-order valence-electron chi connectivity index (χ4n) is 2.47. The highest BCUT2D eigenvalue weighted by molar-refractivity contribution is 5.69. The summed E-state index contributed by atoms with van der Waals surface area (Å²) in [6.45, 7) is 9.08. The molecule has 0 aliphatic heterocycles. The average Bonchev–Trinajstić information content (AvgIpc) is 2.82. The molecule has 0 unspecified atom stereocenters. The highest BCUT2D eigenvalue weighted by atomic mass is 16.6. The Labute approximate surface area is 199 Å². The Bertz CT molecular complexity index is 384. The van der Waals surface area contributed by atoms with Gasteiger partial charge in [-0.3, -0.25) is 4.79 Å². The number of rotatable bonds is 28. The van der Waals surface area contributed by atoms with Crippen molar-refractivity contribution in [2.45, 2.75) is 39.0 Å². The molecule has 0 fully saturated rings. The molecular weight excluding hydrogens is 436 g/mol. The second-order valence-corrected chi connectivity index (χ2v) is 7.04. The second kappa shape index (κ2) is 29.2. The lowest BCUT2D eigenvalue weighted by Crippen LogP contribution is -2.15. The summed E-state index contributed by atoms with van der Waals surface area (Å²) in [5.41, 5.74) is 0. The van der Waals surface area contributed by atoms with Crippen LogP contribution in [0.4, 0.5) is 0 Å². The van der Waals surface area contributed by atoms with Gasteiger partial charge in [0.2, 0.25) is 0 Å². The van der Waals surface area contributed by atoms with E-state index in [4.69, 9.17) is 43.0 Å². The van der Waals surface area contributed by atoms with E-state index in [0.29, 0.717) is 98.9 Å². The van der Waals surface area contributed by atoms with Gasteiger partial charge in [-0.15, -0.1) is 0 Å². The molecule has 198 valence electrons. The molecule has 10 nitrogen and oxygen atoms in total. The van der Waals surface area contributed by atoms with Crippen LogP contribution in [0.25, 0.3) is 0 Å². The van der Waals surface area contributed by atoms with Gasteiger partial charge < -0.3 is 43.0 Å². The predicted molar refractivity (Wildman–Crippen MR) is 123 cm³/mol. The van der Waals surface area contributed by atoms with E-state index >= 15 is 0 Å². The molecule has 0 aromatic rings. The van der Waals surface area contributed by atoms with Crippen molar-refractivity contribution in [1.82, 2.24) is 0 Å². The van der Waals surface area contributed by atoms with Gasteiger partial charge in [-0.25, -0.2) is 0 Å². The van der Waals surface area contributed by atoms with Gasteiger partial charge in [-0.05, 0) is 6.42 Å². The van der Waals surface area contributed by atoms with Crippen LogP contribution in [0.15, 0.2) is 0 Å². The number of esters is 1. The molecule has 0 rings (SSSR count). The molecule has 0 atom stereocenters. The molecule has 0 spiro atoms. The minimum atomic E-state index is -0.151. The number of aliphatic hydroxyl groups is 1. The fourth-order valence-corrected chi connectivity index (χ4v) is 2.47. The van der Waals surface area contributed by atoms with E-state index < -0.39 is 0 Å². The number of carbonyl (C=O) groups excluding carboxylic acids is 1. The van der Waals surface area contributed by atoms with E-state index in [0.717, 1.165) is 25.7 Å². The number of unbranched alkanes of at least 4 members (excludes halogenated alkanes) is 3. The van der Waals surface area contributed by atoms with E-state index in [2.05, 4.69) is 6.92 Å². The summed E-state index contributed by atoms with van der Waals surface area (Å²) >= 11 is 0. The number of hydrogen-bond acceptors (Lipinski definition) is 10. The van der Waals surface area contributed by atoms with Crippen molar-refractivity contribution in [2.24, 2.45) is 0 Å². The highest BCUT2D eigenvalue weighted by Gasteiger charge is 2.02. The number of hydrogen-bond donors (Lipinski definition) is 1. The molecule has 0 saturated carbocycles. The lowest BCUT2D eigenvalue weighted by Gasteiger charge is -2.08. The van der Waals surface area contributed by atoms with Crippen molar-refractivity contribution in [3.05, 3.63) is 0 Å². The van der Waals surface area contributed by atoms with Gasteiger partial charge in [0.05, 0.1) is 99.1 Å². The van der Waals surface area contributed by atoms with Gasteiger partial charge in [-0.1, -0.05) is 26.2 Å². The molecular formula is C23H46O10. The van der Waals surface area contributed by atoms with Crippen LogP contribution in [-0.2, 0) is 42.7 Å². The maximum atomic E-state index is 11.5. The zero-order chi connectivity index (χ0) is 24.1. The lowest BCUT2D eigenvalue weighted by molar-refractivity contribution is -0.145. The summed E-state index contributed by atoms with van der Waals surface area (Å²) in [4.78, 5) is 11.5. The first-order valence-electron chi connectivity index (χ1n) is 12.1. The Morgan fingerprint density at radius 3 is 1.24 bits per heavy atom. The van der Waals surface area contributed by atoms with Gasteiger partial charge in [0.15, 0.2) is 0 Å². The van der Waals surface area contributed by atoms with E-state index in [1.54, 1.807) is 0 Å². The summed E-state index contributed by atoms with van der Waals surface area (Å²) in [5.74, 6) is -0.151. The largest absolute Gasteiger partial charge is 0.463 e. The van der Waals surface area contributed by atoms with Gasteiger partial charge in [0.25, 0.3) is 0 Å². The van der Waals surface area contributed by atoms with Crippen LogP contribution in [0, 0.1) is 0 Å². The van der Waals surface area contributed by atoms with Crippen LogP contribution in [0.2, 0.25) is 0 Å². The van der Waals surface area contributed by atoms with Crippen LogP contribution in [0.5, 0.6) is 0 Å². The van der Waals surface area contributed by atoms with Gasteiger partial charge in [0, 0.05) is 6.42 Å². The van der Waals surface area contributed by atoms with Gasteiger partial charge in [-0.2, -0.15) is 0 Å². The Morgan fingerprint density at radius 1 is 0.515 bits per heavy atom. The summed E-state index contributed by atoms with van der Waals surface area (Å²) in [6.07, 6.45) is 4.78. The van der Waals surface area contributed by atoms with Crippen LogP contribution < -0.4 is 0 Å². The van der Waals surface area contributed by atoms with Crippen molar-refractivity contribution >= 4 is 5.97 Å².